The highest BCUT2D eigenvalue weighted by Gasteiger charge is 2.31. The lowest BCUT2D eigenvalue weighted by atomic mass is 9.97. The molecule has 0 fully saturated rings. The largest absolute Gasteiger partial charge is 0.481 e. The monoisotopic (exact) mass is 404 g/mol. The summed E-state index contributed by atoms with van der Waals surface area (Å²) in [5.41, 5.74) is 5.42. The molecule has 0 aliphatic carbocycles. The number of nitrogens with two attached hydrogens (primary N) is 1. The summed E-state index contributed by atoms with van der Waals surface area (Å²) in [6, 6.07) is -5.11. The van der Waals surface area contributed by atoms with Crippen LogP contribution in [0.5, 0.6) is 0 Å². The standard InChI is InChI=1S/C16H28N4O8/c1-4-7(2)12(20-14(25)9(17)6-21)15(26)18-8(3)13(24)19-10(16(27)28)5-11(22)23/h7-10,12,21H,4-6,17H2,1-3H3,(H,18,26)(H,19,24)(H,20,25)(H,22,23)(H,27,28). The number of aliphatic carboxylic acids is 2. The maximum absolute atomic E-state index is 12.5. The van der Waals surface area contributed by atoms with Gasteiger partial charge in [0, 0.05) is 0 Å². The van der Waals surface area contributed by atoms with Crippen LogP contribution in [0.4, 0.5) is 0 Å². The molecular formula is C16H28N4O8. The Morgan fingerprint density at radius 3 is 1.93 bits per heavy atom. The van der Waals surface area contributed by atoms with Crippen molar-refractivity contribution >= 4 is 29.7 Å². The molecular weight excluding hydrogens is 376 g/mol. The van der Waals surface area contributed by atoms with Crippen LogP contribution in [0.25, 0.3) is 0 Å². The Morgan fingerprint density at radius 2 is 1.50 bits per heavy atom. The summed E-state index contributed by atoms with van der Waals surface area (Å²) in [7, 11) is 0. The summed E-state index contributed by atoms with van der Waals surface area (Å²) in [5, 5.41) is 33.4. The van der Waals surface area contributed by atoms with Crippen LogP contribution in [0.15, 0.2) is 0 Å². The Morgan fingerprint density at radius 1 is 0.929 bits per heavy atom. The molecule has 0 aromatic carbocycles. The summed E-state index contributed by atoms with van der Waals surface area (Å²) in [4.78, 5) is 58.1. The highest BCUT2D eigenvalue weighted by atomic mass is 16.4. The molecule has 8 N–H and O–H groups in total. The highest BCUT2D eigenvalue weighted by molar-refractivity contribution is 5.94. The number of hydrogen-bond acceptors (Lipinski definition) is 7. The average molecular weight is 404 g/mol. The molecule has 3 amide bonds. The van der Waals surface area contributed by atoms with E-state index in [1.165, 1.54) is 6.92 Å². The fourth-order valence-corrected chi connectivity index (χ4v) is 2.09. The van der Waals surface area contributed by atoms with Gasteiger partial charge in [-0.15, -0.1) is 0 Å². The lowest BCUT2D eigenvalue weighted by Gasteiger charge is -2.26. The van der Waals surface area contributed by atoms with Gasteiger partial charge in [-0.25, -0.2) is 4.79 Å². The molecule has 0 aliphatic rings. The average Bonchev–Trinajstić information content (AvgIpc) is 2.62. The molecule has 0 saturated carbocycles. The number of carbonyl (C=O) groups excluding carboxylic acids is 3. The number of carbonyl (C=O) groups is 5. The van der Waals surface area contributed by atoms with Crippen molar-refractivity contribution in [2.24, 2.45) is 11.7 Å². The topological polar surface area (TPSA) is 208 Å². The van der Waals surface area contributed by atoms with Crippen molar-refractivity contribution < 1.29 is 39.3 Å². The molecule has 12 nitrogen and oxygen atoms in total. The molecule has 0 aliphatic heterocycles. The van der Waals surface area contributed by atoms with Crippen molar-refractivity contribution in [1.82, 2.24) is 16.0 Å². The zero-order valence-corrected chi connectivity index (χ0v) is 16.0. The van der Waals surface area contributed by atoms with Gasteiger partial charge in [0.05, 0.1) is 13.0 Å². The van der Waals surface area contributed by atoms with E-state index in [2.05, 4.69) is 10.6 Å². The van der Waals surface area contributed by atoms with E-state index < -0.39 is 66.9 Å². The molecule has 0 bridgehead atoms. The minimum Gasteiger partial charge on any atom is -0.481 e. The van der Waals surface area contributed by atoms with E-state index in [1.54, 1.807) is 13.8 Å². The van der Waals surface area contributed by atoms with E-state index in [0.29, 0.717) is 6.42 Å². The van der Waals surface area contributed by atoms with Gasteiger partial charge in [-0.3, -0.25) is 19.2 Å². The van der Waals surface area contributed by atoms with Gasteiger partial charge in [0.2, 0.25) is 17.7 Å². The van der Waals surface area contributed by atoms with Gasteiger partial charge in [-0.2, -0.15) is 0 Å². The zero-order valence-electron chi connectivity index (χ0n) is 16.0. The second-order valence-electron chi connectivity index (χ2n) is 6.39. The number of carboxylic acids is 2. The van der Waals surface area contributed by atoms with Crippen molar-refractivity contribution in [3.8, 4) is 0 Å². The summed E-state index contributed by atoms with van der Waals surface area (Å²) in [6.45, 7) is 4.14. The molecule has 12 heteroatoms. The van der Waals surface area contributed by atoms with Crippen molar-refractivity contribution in [3.63, 3.8) is 0 Å². The van der Waals surface area contributed by atoms with Crippen LogP contribution in [0.1, 0.15) is 33.6 Å². The molecule has 0 aromatic rings. The second kappa shape index (κ2) is 11.9. The molecule has 0 aromatic heterocycles. The maximum Gasteiger partial charge on any atom is 0.326 e. The third-order valence-corrected chi connectivity index (χ3v) is 4.07. The zero-order chi connectivity index (χ0) is 22.0. The minimum atomic E-state index is -1.66. The SMILES string of the molecule is CCC(C)C(NC(=O)C(N)CO)C(=O)NC(C)C(=O)NC(CC(=O)O)C(=O)O. The van der Waals surface area contributed by atoms with Gasteiger partial charge >= 0.3 is 11.9 Å². The molecule has 0 saturated heterocycles. The van der Waals surface area contributed by atoms with Crippen molar-refractivity contribution in [2.75, 3.05) is 6.61 Å². The first-order chi connectivity index (χ1) is 12.9. The number of aliphatic hydroxyl groups is 1. The Hall–Kier alpha value is -2.73. The van der Waals surface area contributed by atoms with Crippen LogP contribution in [0.2, 0.25) is 0 Å². The third-order valence-electron chi connectivity index (χ3n) is 4.07. The number of nitrogens with one attached hydrogen (secondary N) is 3. The van der Waals surface area contributed by atoms with Gasteiger partial charge in [0.15, 0.2) is 0 Å². The predicted molar refractivity (Wildman–Crippen MR) is 95.9 cm³/mol. The lowest BCUT2D eigenvalue weighted by Crippen LogP contribution is -2.58. The fourth-order valence-electron chi connectivity index (χ4n) is 2.09. The first-order valence-electron chi connectivity index (χ1n) is 8.66. The van der Waals surface area contributed by atoms with Gasteiger partial charge in [0.25, 0.3) is 0 Å². The van der Waals surface area contributed by atoms with Gasteiger partial charge in [-0.05, 0) is 12.8 Å². The maximum atomic E-state index is 12.5. The third kappa shape index (κ3) is 8.31. The normalized spacial score (nSPS) is 16.0. The van der Waals surface area contributed by atoms with Crippen molar-refractivity contribution in [2.45, 2.75) is 57.8 Å². The van der Waals surface area contributed by atoms with E-state index in [9.17, 15) is 24.0 Å². The summed E-state index contributed by atoms with van der Waals surface area (Å²) >= 11 is 0. The van der Waals surface area contributed by atoms with Crippen molar-refractivity contribution in [3.05, 3.63) is 0 Å². The summed E-state index contributed by atoms with van der Waals surface area (Å²) < 4.78 is 0. The number of rotatable bonds is 12. The van der Waals surface area contributed by atoms with E-state index in [-0.39, 0.29) is 5.92 Å². The van der Waals surface area contributed by atoms with Gasteiger partial charge in [0.1, 0.15) is 24.2 Å². The van der Waals surface area contributed by atoms with E-state index in [4.69, 9.17) is 21.1 Å². The molecule has 0 rings (SSSR count). The van der Waals surface area contributed by atoms with Crippen molar-refractivity contribution in [1.29, 1.82) is 0 Å². The molecule has 160 valence electrons. The predicted octanol–water partition coefficient (Wildman–Crippen LogP) is -2.61. The van der Waals surface area contributed by atoms with Crippen LogP contribution in [0.3, 0.4) is 0 Å². The van der Waals surface area contributed by atoms with Crippen LogP contribution < -0.4 is 21.7 Å². The number of amides is 3. The molecule has 0 radical (unpaired) electrons. The smallest absolute Gasteiger partial charge is 0.326 e. The molecule has 5 atom stereocenters. The van der Waals surface area contributed by atoms with Gasteiger partial charge in [-0.1, -0.05) is 20.3 Å². The Labute approximate surface area is 161 Å². The first-order valence-corrected chi connectivity index (χ1v) is 8.66. The minimum absolute atomic E-state index is 0.330. The quantitative estimate of drug-likeness (QED) is 0.181. The van der Waals surface area contributed by atoms with E-state index in [1.807, 2.05) is 5.32 Å². The fraction of sp³-hybridized carbons (Fsp3) is 0.688. The number of carboxylic acid groups (broad SMARTS) is 2. The Balaban J connectivity index is 5.08. The van der Waals surface area contributed by atoms with E-state index >= 15 is 0 Å². The summed E-state index contributed by atoms with van der Waals surface area (Å²) in [5.74, 6) is -5.62. The Bertz CT molecular complexity index is 597. The van der Waals surface area contributed by atoms with Gasteiger partial charge < -0.3 is 37.0 Å². The summed E-state index contributed by atoms with van der Waals surface area (Å²) in [6.07, 6.45) is -0.320. The Kier molecular flexibility index (Phi) is 10.7. The molecule has 28 heavy (non-hydrogen) atoms. The second-order valence-corrected chi connectivity index (χ2v) is 6.39. The first kappa shape index (κ1) is 25.3. The van der Waals surface area contributed by atoms with Crippen LogP contribution >= 0.6 is 0 Å². The molecule has 5 unspecified atom stereocenters. The van der Waals surface area contributed by atoms with Crippen LogP contribution in [-0.2, 0) is 24.0 Å². The molecule has 0 heterocycles. The number of hydrogen-bond donors (Lipinski definition) is 7. The number of aliphatic hydroxyl groups excluding tert-OH is 1. The van der Waals surface area contributed by atoms with Crippen LogP contribution in [0, 0.1) is 5.92 Å². The highest BCUT2D eigenvalue weighted by Crippen LogP contribution is 2.09. The van der Waals surface area contributed by atoms with E-state index in [0.717, 1.165) is 0 Å². The lowest BCUT2D eigenvalue weighted by molar-refractivity contribution is -0.147. The molecule has 0 spiro atoms. The van der Waals surface area contributed by atoms with Crippen LogP contribution in [-0.4, -0.2) is 75.8 Å².